The summed E-state index contributed by atoms with van der Waals surface area (Å²) in [4.78, 5) is 17.6. The number of nitrogens with zero attached hydrogens (tertiary/aromatic N) is 2. The average molecular weight is 323 g/mol. The summed E-state index contributed by atoms with van der Waals surface area (Å²) in [5, 5.41) is 13.2. The van der Waals surface area contributed by atoms with Crippen molar-refractivity contribution in [3.63, 3.8) is 0 Å². The van der Waals surface area contributed by atoms with Gasteiger partial charge in [-0.1, -0.05) is 17.7 Å². The summed E-state index contributed by atoms with van der Waals surface area (Å²) >= 11 is 7.48. The van der Waals surface area contributed by atoms with Crippen LogP contribution in [0.5, 0.6) is 5.75 Å². The van der Waals surface area contributed by atoms with Gasteiger partial charge in [-0.2, -0.15) is 0 Å². The van der Waals surface area contributed by atoms with Crippen molar-refractivity contribution in [3.8, 4) is 17.0 Å². The van der Waals surface area contributed by atoms with Crippen LogP contribution in [0.3, 0.4) is 0 Å². The van der Waals surface area contributed by atoms with Gasteiger partial charge in [-0.05, 0) is 25.0 Å². The van der Waals surface area contributed by atoms with Gasteiger partial charge in [-0.15, -0.1) is 11.3 Å². The summed E-state index contributed by atoms with van der Waals surface area (Å²) in [5.74, 6) is 0.244. The van der Waals surface area contributed by atoms with Crippen LogP contribution in [0.15, 0.2) is 23.6 Å². The number of aldehydes is 1. The molecule has 0 amide bonds. The van der Waals surface area contributed by atoms with Crippen LogP contribution >= 0.6 is 22.9 Å². The van der Waals surface area contributed by atoms with E-state index in [0.29, 0.717) is 10.6 Å². The molecule has 1 saturated heterocycles. The first-order valence-electron chi connectivity index (χ1n) is 6.82. The van der Waals surface area contributed by atoms with Gasteiger partial charge in [0.25, 0.3) is 0 Å². The van der Waals surface area contributed by atoms with Crippen LogP contribution in [-0.2, 0) is 4.79 Å². The highest BCUT2D eigenvalue weighted by Gasteiger charge is 2.21. The third-order valence-corrected chi connectivity index (χ3v) is 4.96. The SMILES string of the molecule is O=CC1CCN(c2nc(-c3cccc(Cl)c3O)cs2)CC1. The number of thiazole rings is 1. The molecule has 0 radical (unpaired) electrons. The highest BCUT2D eigenvalue weighted by atomic mass is 35.5. The number of phenolic OH excluding ortho intramolecular Hbond substituents is 1. The third-order valence-electron chi connectivity index (χ3n) is 3.76. The molecule has 21 heavy (non-hydrogen) atoms. The molecular weight excluding hydrogens is 308 g/mol. The molecule has 0 aliphatic carbocycles. The number of halogens is 1. The van der Waals surface area contributed by atoms with Crippen LogP contribution in [-0.4, -0.2) is 29.5 Å². The smallest absolute Gasteiger partial charge is 0.185 e. The Morgan fingerprint density at radius 3 is 2.86 bits per heavy atom. The molecule has 0 atom stereocenters. The van der Waals surface area contributed by atoms with Gasteiger partial charge < -0.3 is 14.8 Å². The van der Waals surface area contributed by atoms with E-state index in [-0.39, 0.29) is 11.7 Å². The molecule has 4 nitrogen and oxygen atoms in total. The minimum atomic E-state index is 0.0654. The van der Waals surface area contributed by atoms with Gasteiger partial charge in [0.15, 0.2) is 5.13 Å². The summed E-state index contributed by atoms with van der Waals surface area (Å²) in [6.45, 7) is 1.69. The van der Waals surface area contributed by atoms with Crippen molar-refractivity contribution in [1.29, 1.82) is 0 Å². The maximum absolute atomic E-state index is 10.8. The number of hydrogen-bond acceptors (Lipinski definition) is 5. The fourth-order valence-electron chi connectivity index (χ4n) is 2.48. The Kier molecular flexibility index (Phi) is 4.12. The molecule has 1 fully saturated rings. The van der Waals surface area contributed by atoms with Crippen molar-refractivity contribution < 1.29 is 9.90 Å². The molecule has 2 heterocycles. The second-order valence-electron chi connectivity index (χ2n) is 5.11. The van der Waals surface area contributed by atoms with Crippen LogP contribution in [0.25, 0.3) is 11.3 Å². The van der Waals surface area contributed by atoms with Gasteiger partial charge in [-0.3, -0.25) is 0 Å². The zero-order valence-corrected chi connectivity index (χ0v) is 12.9. The van der Waals surface area contributed by atoms with E-state index >= 15 is 0 Å². The molecular formula is C15H15ClN2O2S. The first kappa shape index (κ1) is 14.4. The molecule has 2 aromatic rings. The summed E-state index contributed by atoms with van der Waals surface area (Å²) in [6.07, 6.45) is 2.80. The quantitative estimate of drug-likeness (QED) is 0.877. The van der Waals surface area contributed by atoms with E-state index in [4.69, 9.17) is 11.6 Å². The van der Waals surface area contributed by atoms with E-state index in [2.05, 4.69) is 9.88 Å². The van der Waals surface area contributed by atoms with Gasteiger partial charge in [0.05, 0.1) is 10.7 Å². The average Bonchev–Trinajstić information content (AvgIpc) is 3.00. The van der Waals surface area contributed by atoms with E-state index in [1.54, 1.807) is 29.5 Å². The number of piperidine rings is 1. The van der Waals surface area contributed by atoms with Crippen molar-refractivity contribution >= 4 is 34.4 Å². The molecule has 0 spiro atoms. The fraction of sp³-hybridized carbons (Fsp3) is 0.333. The van der Waals surface area contributed by atoms with Crippen LogP contribution in [0, 0.1) is 5.92 Å². The first-order valence-corrected chi connectivity index (χ1v) is 8.08. The van der Waals surface area contributed by atoms with Crippen LogP contribution < -0.4 is 4.90 Å². The van der Waals surface area contributed by atoms with Crippen molar-refractivity contribution in [3.05, 3.63) is 28.6 Å². The number of carbonyl (C=O) groups is 1. The minimum absolute atomic E-state index is 0.0654. The number of carbonyl (C=O) groups excluding carboxylic acids is 1. The fourth-order valence-corrected chi connectivity index (χ4v) is 3.54. The highest BCUT2D eigenvalue weighted by Crippen LogP contribution is 2.37. The molecule has 110 valence electrons. The van der Waals surface area contributed by atoms with E-state index in [0.717, 1.165) is 43.0 Å². The lowest BCUT2D eigenvalue weighted by Gasteiger charge is -2.29. The molecule has 0 bridgehead atoms. The van der Waals surface area contributed by atoms with Crippen LogP contribution in [0.2, 0.25) is 5.02 Å². The molecule has 1 aromatic heterocycles. The predicted octanol–water partition coefficient (Wildman–Crippen LogP) is 3.58. The standard InChI is InChI=1S/C15H15ClN2O2S/c16-12-3-1-2-11(14(12)20)13-9-21-15(17-13)18-6-4-10(8-19)5-7-18/h1-3,8-10,20H,4-7H2. The number of aromatic nitrogens is 1. The van der Waals surface area contributed by atoms with Crippen LogP contribution in [0.1, 0.15) is 12.8 Å². The summed E-state index contributed by atoms with van der Waals surface area (Å²) in [7, 11) is 0. The second kappa shape index (κ2) is 6.03. The third kappa shape index (κ3) is 2.89. The van der Waals surface area contributed by atoms with E-state index in [9.17, 15) is 9.90 Å². The lowest BCUT2D eigenvalue weighted by Crippen LogP contribution is -2.33. The Hall–Kier alpha value is -1.59. The Labute approximate surface area is 132 Å². The van der Waals surface area contributed by atoms with Crippen molar-refractivity contribution in [2.45, 2.75) is 12.8 Å². The number of phenols is 1. The number of rotatable bonds is 3. The van der Waals surface area contributed by atoms with Gasteiger partial charge in [-0.25, -0.2) is 4.98 Å². The molecule has 0 saturated carbocycles. The van der Waals surface area contributed by atoms with Crippen molar-refractivity contribution in [2.24, 2.45) is 5.92 Å². The van der Waals surface area contributed by atoms with Crippen molar-refractivity contribution in [1.82, 2.24) is 4.98 Å². The predicted molar refractivity (Wildman–Crippen MR) is 85.2 cm³/mol. The Balaban J connectivity index is 1.81. The lowest BCUT2D eigenvalue weighted by molar-refractivity contribution is -0.111. The highest BCUT2D eigenvalue weighted by molar-refractivity contribution is 7.14. The Bertz CT molecular complexity index is 651. The van der Waals surface area contributed by atoms with E-state index < -0.39 is 0 Å². The van der Waals surface area contributed by atoms with E-state index in [1.165, 1.54) is 0 Å². The largest absolute Gasteiger partial charge is 0.506 e. The lowest BCUT2D eigenvalue weighted by atomic mass is 9.99. The Morgan fingerprint density at radius 1 is 1.38 bits per heavy atom. The molecule has 3 rings (SSSR count). The number of hydrogen-bond donors (Lipinski definition) is 1. The van der Waals surface area contributed by atoms with Crippen LogP contribution in [0.4, 0.5) is 5.13 Å². The summed E-state index contributed by atoms with van der Waals surface area (Å²) < 4.78 is 0. The van der Waals surface area contributed by atoms with Gasteiger partial charge in [0, 0.05) is 30.0 Å². The van der Waals surface area contributed by atoms with Gasteiger partial charge >= 0.3 is 0 Å². The molecule has 0 unspecified atom stereocenters. The van der Waals surface area contributed by atoms with E-state index in [1.807, 2.05) is 5.38 Å². The molecule has 1 aliphatic rings. The Morgan fingerprint density at radius 2 is 2.14 bits per heavy atom. The molecule has 1 N–H and O–H groups in total. The monoisotopic (exact) mass is 322 g/mol. The topological polar surface area (TPSA) is 53.4 Å². The number of benzene rings is 1. The zero-order chi connectivity index (χ0) is 14.8. The molecule has 1 aliphatic heterocycles. The number of anilines is 1. The van der Waals surface area contributed by atoms with Gasteiger partial charge in [0.1, 0.15) is 12.0 Å². The molecule has 1 aromatic carbocycles. The maximum atomic E-state index is 10.8. The number of para-hydroxylation sites is 1. The second-order valence-corrected chi connectivity index (χ2v) is 6.36. The normalized spacial score (nSPS) is 16.1. The first-order chi connectivity index (χ1) is 10.2. The summed E-state index contributed by atoms with van der Waals surface area (Å²) in [5.41, 5.74) is 1.38. The van der Waals surface area contributed by atoms with Gasteiger partial charge in [0.2, 0.25) is 0 Å². The van der Waals surface area contributed by atoms with Crippen molar-refractivity contribution in [2.75, 3.05) is 18.0 Å². The number of aromatic hydroxyl groups is 1. The zero-order valence-electron chi connectivity index (χ0n) is 11.3. The maximum Gasteiger partial charge on any atom is 0.185 e. The molecule has 6 heteroatoms. The summed E-state index contributed by atoms with van der Waals surface area (Å²) in [6, 6.07) is 5.25. The minimum Gasteiger partial charge on any atom is -0.506 e.